The third kappa shape index (κ3) is 4.28. The molecular weight excluding hydrogens is 431 g/mol. The van der Waals surface area contributed by atoms with Crippen LogP contribution in [0.4, 0.5) is 4.39 Å². The predicted octanol–water partition coefficient (Wildman–Crippen LogP) is 3.49. The second-order valence-electron chi connectivity index (χ2n) is 9.56. The van der Waals surface area contributed by atoms with Gasteiger partial charge in [-0.2, -0.15) is 0 Å². The van der Waals surface area contributed by atoms with Crippen molar-refractivity contribution in [1.29, 1.82) is 0 Å². The molecule has 3 heterocycles. The SMILES string of the molecule is CC(CN1CCC2(CC1)C(=O)NCC2c1ccc(F)cc1)NC(=O)c1cnc2ccccc2c1. The number of piperidine rings is 1. The van der Waals surface area contributed by atoms with Crippen molar-refractivity contribution in [2.45, 2.75) is 31.7 Å². The average molecular weight is 461 g/mol. The largest absolute Gasteiger partial charge is 0.355 e. The summed E-state index contributed by atoms with van der Waals surface area (Å²) in [5.41, 5.74) is 1.98. The highest BCUT2D eigenvalue weighted by Gasteiger charge is 2.51. The summed E-state index contributed by atoms with van der Waals surface area (Å²) in [6.45, 7) is 4.87. The number of pyridine rings is 1. The van der Waals surface area contributed by atoms with E-state index in [9.17, 15) is 14.0 Å². The van der Waals surface area contributed by atoms with E-state index in [0.717, 1.165) is 42.4 Å². The lowest BCUT2D eigenvalue weighted by atomic mass is 9.68. The standard InChI is InChI=1S/C27H29FN4O2/c1-18(31-25(33)21-14-20-4-2-3-5-24(20)29-15-21)17-32-12-10-27(11-13-32)23(16-30-26(27)34)19-6-8-22(28)9-7-19/h2-9,14-15,18,23H,10-13,16-17H2,1H3,(H,30,34)(H,31,33). The van der Waals surface area contributed by atoms with E-state index >= 15 is 0 Å². The summed E-state index contributed by atoms with van der Waals surface area (Å²) < 4.78 is 13.4. The lowest BCUT2D eigenvalue weighted by Gasteiger charge is -2.41. The van der Waals surface area contributed by atoms with E-state index in [1.54, 1.807) is 18.3 Å². The molecule has 176 valence electrons. The van der Waals surface area contributed by atoms with Gasteiger partial charge in [0, 0.05) is 36.6 Å². The van der Waals surface area contributed by atoms with E-state index in [4.69, 9.17) is 0 Å². The zero-order valence-corrected chi connectivity index (χ0v) is 19.3. The van der Waals surface area contributed by atoms with Crippen molar-refractivity contribution in [2.24, 2.45) is 5.41 Å². The van der Waals surface area contributed by atoms with Crippen LogP contribution in [0.2, 0.25) is 0 Å². The topological polar surface area (TPSA) is 74.3 Å². The van der Waals surface area contributed by atoms with E-state index < -0.39 is 5.41 Å². The van der Waals surface area contributed by atoms with Gasteiger partial charge in [-0.25, -0.2) is 4.39 Å². The highest BCUT2D eigenvalue weighted by atomic mass is 19.1. The molecule has 3 aromatic rings. The lowest BCUT2D eigenvalue weighted by Crippen LogP contribution is -2.49. The Morgan fingerprint density at radius 3 is 2.71 bits per heavy atom. The average Bonchev–Trinajstić information content (AvgIpc) is 3.16. The van der Waals surface area contributed by atoms with Crippen LogP contribution in [-0.4, -0.2) is 53.9 Å². The second-order valence-corrected chi connectivity index (χ2v) is 9.56. The molecule has 2 fully saturated rings. The highest BCUT2D eigenvalue weighted by Crippen LogP contribution is 2.47. The quantitative estimate of drug-likeness (QED) is 0.611. The summed E-state index contributed by atoms with van der Waals surface area (Å²) in [7, 11) is 0. The first-order chi connectivity index (χ1) is 16.4. The Labute approximate surface area is 198 Å². The van der Waals surface area contributed by atoms with Gasteiger partial charge in [-0.1, -0.05) is 30.3 Å². The van der Waals surface area contributed by atoms with Crippen LogP contribution < -0.4 is 10.6 Å². The fourth-order valence-electron chi connectivity index (χ4n) is 5.50. The molecule has 2 aromatic carbocycles. The van der Waals surface area contributed by atoms with Gasteiger partial charge in [-0.15, -0.1) is 0 Å². The molecule has 2 N–H and O–H groups in total. The number of rotatable bonds is 5. The molecule has 0 saturated carbocycles. The number of halogens is 1. The number of amides is 2. The molecule has 0 bridgehead atoms. The number of nitrogens with one attached hydrogen (secondary N) is 2. The number of aromatic nitrogens is 1. The normalized spacial score (nSPS) is 20.9. The summed E-state index contributed by atoms with van der Waals surface area (Å²) in [5, 5.41) is 7.06. The number of benzene rings is 2. The van der Waals surface area contributed by atoms with E-state index in [0.29, 0.717) is 18.7 Å². The Hall–Kier alpha value is -3.32. The summed E-state index contributed by atoms with van der Waals surface area (Å²) in [6, 6.07) is 16.1. The molecule has 1 spiro atoms. The van der Waals surface area contributed by atoms with E-state index in [2.05, 4.69) is 20.5 Å². The number of hydrogen-bond acceptors (Lipinski definition) is 4. The van der Waals surface area contributed by atoms with Crippen molar-refractivity contribution in [3.05, 3.63) is 77.7 Å². The van der Waals surface area contributed by atoms with Gasteiger partial charge in [-0.3, -0.25) is 14.6 Å². The smallest absolute Gasteiger partial charge is 0.253 e. The maximum absolute atomic E-state index is 13.4. The Bertz CT molecular complexity index is 1200. The number of likely N-dealkylation sites (tertiary alicyclic amines) is 1. The molecule has 6 nitrogen and oxygen atoms in total. The summed E-state index contributed by atoms with van der Waals surface area (Å²) in [5.74, 6) is -0.238. The van der Waals surface area contributed by atoms with Crippen LogP contribution in [0.3, 0.4) is 0 Å². The van der Waals surface area contributed by atoms with Crippen molar-refractivity contribution in [3.8, 4) is 0 Å². The van der Waals surface area contributed by atoms with Crippen LogP contribution in [-0.2, 0) is 4.79 Å². The fraction of sp³-hybridized carbons (Fsp3) is 0.370. The molecule has 0 radical (unpaired) electrons. The van der Waals surface area contributed by atoms with Gasteiger partial charge in [0.15, 0.2) is 0 Å². The predicted molar refractivity (Wildman–Crippen MR) is 129 cm³/mol. The summed E-state index contributed by atoms with van der Waals surface area (Å²) in [6.07, 6.45) is 3.11. The molecule has 2 atom stereocenters. The van der Waals surface area contributed by atoms with Crippen LogP contribution in [0, 0.1) is 11.2 Å². The molecule has 2 amide bonds. The first kappa shape index (κ1) is 22.5. The molecule has 2 aliphatic heterocycles. The molecule has 34 heavy (non-hydrogen) atoms. The molecule has 0 aliphatic carbocycles. The van der Waals surface area contributed by atoms with Crippen LogP contribution >= 0.6 is 0 Å². The highest BCUT2D eigenvalue weighted by molar-refractivity contribution is 5.97. The van der Waals surface area contributed by atoms with E-state index in [1.165, 1.54) is 12.1 Å². The minimum Gasteiger partial charge on any atom is -0.355 e. The maximum atomic E-state index is 13.4. The van der Waals surface area contributed by atoms with E-state index in [1.807, 2.05) is 37.3 Å². The van der Waals surface area contributed by atoms with E-state index in [-0.39, 0.29) is 29.6 Å². The molecule has 1 aromatic heterocycles. The third-order valence-corrected chi connectivity index (χ3v) is 7.37. The van der Waals surface area contributed by atoms with Crippen LogP contribution in [0.15, 0.2) is 60.8 Å². The number of para-hydroxylation sites is 1. The third-order valence-electron chi connectivity index (χ3n) is 7.37. The van der Waals surface area contributed by atoms with Crippen LogP contribution in [0.1, 0.15) is 41.6 Å². The fourth-order valence-corrected chi connectivity index (χ4v) is 5.50. The van der Waals surface area contributed by atoms with Gasteiger partial charge in [0.1, 0.15) is 5.82 Å². The zero-order valence-electron chi connectivity index (χ0n) is 19.3. The van der Waals surface area contributed by atoms with Gasteiger partial charge >= 0.3 is 0 Å². The minimum atomic E-state index is -0.447. The lowest BCUT2D eigenvalue weighted by molar-refractivity contribution is -0.130. The second kappa shape index (κ2) is 9.14. The zero-order chi connectivity index (χ0) is 23.7. The Balaban J connectivity index is 1.19. The first-order valence-electron chi connectivity index (χ1n) is 11.9. The van der Waals surface area contributed by atoms with Gasteiger partial charge < -0.3 is 15.5 Å². The number of carbonyl (C=O) groups excluding carboxylic acids is 2. The first-order valence-corrected chi connectivity index (χ1v) is 11.9. The molecular formula is C27H29FN4O2. The van der Waals surface area contributed by atoms with Crippen molar-refractivity contribution in [3.63, 3.8) is 0 Å². The van der Waals surface area contributed by atoms with Gasteiger partial charge in [0.2, 0.25) is 5.91 Å². The molecule has 5 rings (SSSR count). The number of carbonyl (C=O) groups is 2. The van der Waals surface area contributed by atoms with Crippen molar-refractivity contribution < 1.29 is 14.0 Å². The number of hydrogen-bond donors (Lipinski definition) is 2. The van der Waals surface area contributed by atoms with Crippen LogP contribution in [0.25, 0.3) is 10.9 Å². The molecule has 2 saturated heterocycles. The summed E-state index contributed by atoms with van der Waals surface area (Å²) in [4.78, 5) is 32.3. The van der Waals surface area contributed by atoms with Gasteiger partial charge in [-0.05, 0) is 62.7 Å². The van der Waals surface area contributed by atoms with Crippen molar-refractivity contribution >= 4 is 22.7 Å². The Kier molecular flexibility index (Phi) is 6.04. The Morgan fingerprint density at radius 1 is 1.21 bits per heavy atom. The molecule has 2 aliphatic rings. The monoisotopic (exact) mass is 460 g/mol. The van der Waals surface area contributed by atoms with Crippen molar-refractivity contribution in [1.82, 2.24) is 20.5 Å². The molecule has 2 unspecified atom stereocenters. The van der Waals surface area contributed by atoms with Gasteiger partial charge in [0.25, 0.3) is 5.91 Å². The Morgan fingerprint density at radius 2 is 1.94 bits per heavy atom. The maximum Gasteiger partial charge on any atom is 0.253 e. The number of fused-ring (bicyclic) bond motifs is 1. The number of nitrogens with zero attached hydrogens (tertiary/aromatic N) is 2. The summed E-state index contributed by atoms with van der Waals surface area (Å²) >= 11 is 0. The van der Waals surface area contributed by atoms with Crippen molar-refractivity contribution in [2.75, 3.05) is 26.2 Å². The molecule has 7 heteroatoms. The van der Waals surface area contributed by atoms with Crippen LogP contribution in [0.5, 0.6) is 0 Å². The minimum absolute atomic E-state index is 0.0432. The van der Waals surface area contributed by atoms with Gasteiger partial charge in [0.05, 0.1) is 16.5 Å².